The molecule has 0 atom stereocenters. The van der Waals surface area contributed by atoms with Crippen molar-refractivity contribution in [3.63, 3.8) is 0 Å². The van der Waals surface area contributed by atoms with Gasteiger partial charge in [-0.25, -0.2) is 0 Å². The molecule has 0 aromatic rings. The number of rotatable bonds is 5. The summed E-state index contributed by atoms with van der Waals surface area (Å²) in [5.41, 5.74) is 0.726. The average molecular weight is 372 g/mol. The van der Waals surface area contributed by atoms with Gasteiger partial charge >= 0.3 is 0 Å². The van der Waals surface area contributed by atoms with E-state index in [-0.39, 0.29) is 0 Å². The molecule has 3 nitrogen and oxygen atoms in total. The predicted octanol–water partition coefficient (Wildman–Crippen LogP) is 5.98. The smallest absolute Gasteiger partial charge is 0.195 e. The highest BCUT2D eigenvalue weighted by Gasteiger charge is 2.40. The van der Waals surface area contributed by atoms with Crippen LogP contribution in [0.1, 0.15) is 99.8 Å². The minimum Gasteiger partial charge on any atom is -0.390 e. The number of hydrogen-bond donors (Lipinski definition) is 2. The van der Waals surface area contributed by atoms with Crippen molar-refractivity contribution in [2.45, 2.75) is 135 Å². The lowest BCUT2D eigenvalue weighted by Crippen LogP contribution is -2.55. The zero-order valence-electron chi connectivity index (χ0n) is 18.1. The van der Waals surface area contributed by atoms with Crippen molar-refractivity contribution in [3.8, 4) is 0 Å². The lowest BCUT2D eigenvalue weighted by atomic mass is 9.83. The Morgan fingerprint density at radius 2 is 1.20 bits per heavy atom. The Hall–Kier alpha value is 0.0969. The first-order chi connectivity index (χ1) is 11.5. The Morgan fingerprint density at radius 1 is 0.760 bits per heavy atom. The van der Waals surface area contributed by atoms with E-state index in [4.69, 9.17) is 4.43 Å². The van der Waals surface area contributed by atoms with Gasteiger partial charge in [0.05, 0.1) is 0 Å². The van der Waals surface area contributed by atoms with Crippen molar-refractivity contribution < 1.29 is 9.53 Å². The Labute approximate surface area is 158 Å². The third kappa shape index (κ3) is 7.70. The van der Waals surface area contributed by atoms with Gasteiger partial charge in [-0.2, -0.15) is 0 Å². The van der Waals surface area contributed by atoms with Crippen LogP contribution in [0.2, 0.25) is 18.1 Å². The first kappa shape index (κ1) is 23.1. The van der Waals surface area contributed by atoms with Gasteiger partial charge in [-0.05, 0) is 77.9 Å². The van der Waals surface area contributed by atoms with Gasteiger partial charge in [0.2, 0.25) is 0 Å². The Balaban J connectivity index is 0.000000271. The van der Waals surface area contributed by atoms with Crippen LogP contribution in [0.3, 0.4) is 0 Å². The van der Waals surface area contributed by atoms with Gasteiger partial charge in [-0.1, -0.05) is 27.2 Å². The molecule has 0 aromatic heterocycles. The van der Waals surface area contributed by atoms with E-state index in [1.165, 1.54) is 25.7 Å². The minimum absolute atomic E-state index is 0.363. The highest BCUT2D eigenvalue weighted by atomic mass is 28.4. The number of hydrogen-bond acceptors (Lipinski definition) is 3. The molecule has 0 amide bonds. The van der Waals surface area contributed by atoms with Gasteiger partial charge in [-0.3, -0.25) is 0 Å². The normalized spacial score (nSPS) is 25.0. The molecule has 0 unspecified atom stereocenters. The zero-order valence-corrected chi connectivity index (χ0v) is 19.1. The van der Waals surface area contributed by atoms with E-state index in [1.807, 2.05) is 0 Å². The summed E-state index contributed by atoms with van der Waals surface area (Å²) in [5.74, 6) is -0.771. The molecule has 0 radical (unpaired) electrons. The van der Waals surface area contributed by atoms with Crippen molar-refractivity contribution in [2.24, 2.45) is 0 Å². The van der Waals surface area contributed by atoms with E-state index in [1.54, 1.807) is 0 Å². The highest BCUT2D eigenvalue weighted by Crippen LogP contribution is 2.35. The van der Waals surface area contributed by atoms with Crippen LogP contribution in [0.5, 0.6) is 0 Å². The van der Waals surface area contributed by atoms with Crippen LogP contribution >= 0.6 is 0 Å². The van der Waals surface area contributed by atoms with Crippen LogP contribution in [-0.4, -0.2) is 30.3 Å². The van der Waals surface area contributed by atoms with Crippen LogP contribution in [0.15, 0.2) is 0 Å². The molecule has 1 saturated heterocycles. The van der Waals surface area contributed by atoms with Gasteiger partial charge in [0, 0.05) is 23.9 Å². The summed E-state index contributed by atoms with van der Waals surface area (Å²) < 4.78 is 6.21. The standard InChI is InChI=1S/C12H26O2Si.C9H19N/c1-4-15(5-2,6-3)14-12(13)10-8-7-9-11-12;1-8(2)6-5-7-9(3,4)10-8/h13H,4-11H2,1-3H3;10H,5-7H2,1-4H3. The lowest BCUT2D eigenvalue weighted by Gasteiger charge is -2.42. The largest absolute Gasteiger partial charge is 0.390 e. The minimum atomic E-state index is -1.63. The van der Waals surface area contributed by atoms with Gasteiger partial charge in [0.15, 0.2) is 14.1 Å². The fourth-order valence-electron chi connectivity index (χ4n) is 4.59. The van der Waals surface area contributed by atoms with Crippen LogP contribution < -0.4 is 5.32 Å². The summed E-state index contributed by atoms with van der Waals surface area (Å²) in [4.78, 5) is 0. The molecule has 0 spiro atoms. The maximum atomic E-state index is 10.4. The fourth-order valence-corrected chi connectivity index (χ4v) is 7.53. The third-order valence-corrected chi connectivity index (χ3v) is 10.9. The van der Waals surface area contributed by atoms with Crippen LogP contribution in [0, 0.1) is 0 Å². The van der Waals surface area contributed by atoms with Crippen LogP contribution in [0.25, 0.3) is 0 Å². The van der Waals surface area contributed by atoms with E-state index in [0.29, 0.717) is 11.1 Å². The molecule has 2 fully saturated rings. The maximum Gasteiger partial charge on any atom is 0.195 e. The zero-order chi connectivity index (χ0) is 19.2. The average Bonchev–Trinajstić information content (AvgIpc) is 2.52. The SMILES string of the molecule is CC1(C)CCCC(C)(C)N1.CC[Si](CC)(CC)OC1(O)CCCCC1. The second-order valence-electron chi connectivity index (χ2n) is 9.60. The van der Waals surface area contributed by atoms with E-state index >= 15 is 0 Å². The molecule has 0 aromatic carbocycles. The molecular formula is C21H45NO2Si. The summed E-state index contributed by atoms with van der Waals surface area (Å²) >= 11 is 0. The predicted molar refractivity (Wildman–Crippen MR) is 111 cm³/mol. The van der Waals surface area contributed by atoms with E-state index in [9.17, 15) is 5.11 Å². The van der Waals surface area contributed by atoms with Gasteiger partial charge in [0.25, 0.3) is 0 Å². The van der Waals surface area contributed by atoms with Crippen molar-refractivity contribution in [3.05, 3.63) is 0 Å². The Kier molecular flexibility index (Phi) is 8.64. The lowest BCUT2D eigenvalue weighted by molar-refractivity contribution is -0.166. The number of nitrogens with one attached hydrogen (secondary N) is 1. The molecule has 0 bridgehead atoms. The molecule has 1 heterocycles. The molecule has 2 N–H and O–H groups in total. The Bertz CT molecular complexity index is 363. The van der Waals surface area contributed by atoms with Crippen LogP contribution in [-0.2, 0) is 4.43 Å². The van der Waals surface area contributed by atoms with Gasteiger partial charge < -0.3 is 14.8 Å². The fraction of sp³-hybridized carbons (Fsp3) is 1.00. The topological polar surface area (TPSA) is 41.5 Å². The second kappa shape index (κ2) is 9.34. The van der Waals surface area contributed by atoms with Crippen LogP contribution in [0.4, 0.5) is 0 Å². The molecule has 2 rings (SSSR count). The molecule has 2 aliphatic rings. The second-order valence-corrected chi connectivity index (χ2v) is 14.3. The molecule has 1 saturated carbocycles. The Morgan fingerprint density at radius 3 is 1.52 bits per heavy atom. The van der Waals surface area contributed by atoms with E-state index in [2.05, 4.69) is 53.8 Å². The molecular weight excluding hydrogens is 326 g/mol. The molecule has 4 heteroatoms. The van der Waals surface area contributed by atoms with Crippen molar-refractivity contribution >= 4 is 8.32 Å². The summed E-state index contributed by atoms with van der Waals surface area (Å²) in [7, 11) is -1.63. The monoisotopic (exact) mass is 371 g/mol. The maximum absolute atomic E-state index is 10.4. The molecule has 1 aliphatic carbocycles. The molecule has 150 valence electrons. The van der Waals surface area contributed by atoms with Crippen molar-refractivity contribution in [1.82, 2.24) is 5.32 Å². The van der Waals surface area contributed by atoms with Gasteiger partial charge in [-0.15, -0.1) is 0 Å². The molecule has 1 aliphatic heterocycles. The highest BCUT2D eigenvalue weighted by molar-refractivity contribution is 6.73. The third-order valence-electron chi connectivity index (χ3n) is 6.25. The number of piperidine rings is 1. The summed E-state index contributed by atoms with van der Waals surface area (Å²) in [6, 6.07) is 3.38. The van der Waals surface area contributed by atoms with Crippen molar-refractivity contribution in [1.29, 1.82) is 0 Å². The molecule has 25 heavy (non-hydrogen) atoms. The van der Waals surface area contributed by atoms with Gasteiger partial charge in [0.1, 0.15) is 0 Å². The summed E-state index contributed by atoms with van der Waals surface area (Å²) in [5, 5.41) is 14.0. The van der Waals surface area contributed by atoms with E-state index < -0.39 is 14.1 Å². The first-order valence-corrected chi connectivity index (χ1v) is 13.3. The van der Waals surface area contributed by atoms with E-state index in [0.717, 1.165) is 43.8 Å². The first-order valence-electron chi connectivity index (χ1n) is 10.7. The van der Waals surface area contributed by atoms with Crippen molar-refractivity contribution in [2.75, 3.05) is 0 Å². The number of aliphatic hydroxyl groups is 1. The quantitative estimate of drug-likeness (QED) is 0.461. The summed E-state index contributed by atoms with van der Waals surface area (Å²) in [6.07, 6.45) is 9.20. The summed E-state index contributed by atoms with van der Waals surface area (Å²) in [6.45, 7) is 15.8.